The fourth-order valence-electron chi connectivity index (χ4n) is 3.09. The molecular formula is C18H19N5O2. The van der Waals surface area contributed by atoms with Gasteiger partial charge in [0.15, 0.2) is 5.76 Å². The van der Waals surface area contributed by atoms with Crippen LogP contribution in [-0.4, -0.2) is 45.2 Å². The molecule has 7 heteroatoms. The van der Waals surface area contributed by atoms with E-state index in [0.717, 1.165) is 18.7 Å². The van der Waals surface area contributed by atoms with Crippen molar-refractivity contribution in [2.75, 3.05) is 18.0 Å². The molecule has 4 heterocycles. The molecule has 4 rings (SSSR count). The minimum Gasteiger partial charge on any atom is -0.463 e. The molecule has 1 saturated heterocycles. The van der Waals surface area contributed by atoms with E-state index in [2.05, 4.69) is 33.7 Å². The van der Waals surface area contributed by atoms with Crippen LogP contribution in [0, 0.1) is 0 Å². The van der Waals surface area contributed by atoms with Gasteiger partial charge in [0, 0.05) is 37.2 Å². The number of ether oxygens (including phenoxy) is 1. The summed E-state index contributed by atoms with van der Waals surface area (Å²) in [5.41, 5.74) is 2.22. The molecule has 0 radical (unpaired) electrons. The summed E-state index contributed by atoms with van der Waals surface area (Å²) in [6.07, 6.45) is 8.69. The van der Waals surface area contributed by atoms with Gasteiger partial charge in [0.05, 0.1) is 30.4 Å². The van der Waals surface area contributed by atoms with E-state index in [1.54, 1.807) is 31.1 Å². The monoisotopic (exact) mass is 337 g/mol. The van der Waals surface area contributed by atoms with Gasteiger partial charge in [0.2, 0.25) is 5.95 Å². The molecule has 0 aromatic carbocycles. The summed E-state index contributed by atoms with van der Waals surface area (Å²) in [7, 11) is 0. The van der Waals surface area contributed by atoms with Gasteiger partial charge in [0.25, 0.3) is 0 Å². The predicted molar refractivity (Wildman–Crippen MR) is 93.0 cm³/mol. The maximum Gasteiger partial charge on any atom is 0.226 e. The van der Waals surface area contributed by atoms with Crippen molar-refractivity contribution in [1.29, 1.82) is 0 Å². The Bertz CT molecular complexity index is 828. The third-order valence-corrected chi connectivity index (χ3v) is 4.07. The van der Waals surface area contributed by atoms with E-state index in [9.17, 15) is 0 Å². The van der Waals surface area contributed by atoms with Gasteiger partial charge in [-0.1, -0.05) is 0 Å². The number of nitrogens with zero attached hydrogens (tertiary/aromatic N) is 5. The fourth-order valence-corrected chi connectivity index (χ4v) is 3.09. The lowest BCUT2D eigenvalue weighted by atomic mass is 10.1. The van der Waals surface area contributed by atoms with Crippen LogP contribution in [-0.2, 0) is 4.74 Å². The lowest BCUT2D eigenvalue weighted by Gasteiger charge is -2.35. The van der Waals surface area contributed by atoms with Crippen LogP contribution in [0.3, 0.4) is 0 Å². The summed E-state index contributed by atoms with van der Waals surface area (Å²) < 4.78 is 11.4. The second-order valence-electron chi connectivity index (χ2n) is 6.16. The first kappa shape index (κ1) is 15.7. The number of hydrogen-bond acceptors (Lipinski definition) is 7. The smallest absolute Gasteiger partial charge is 0.226 e. The Morgan fingerprint density at radius 1 is 1.08 bits per heavy atom. The van der Waals surface area contributed by atoms with Gasteiger partial charge >= 0.3 is 0 Å². The first-order valence-corrected chi connectivity index (χ1v) is 8.28. The number of aromatic nitrogens is 4. The van der Waals surface area contributed by atoms with Crippen molar-refractivity contribution < 1.29 is 9.15 Å². The topological polar surface area (TPSA) is 77.2 Å². The van der Waals surface area contributed by atoms with Gasteiger partial charge in [-0.3, -0.25) is 9.97 Å². The Kier molecular flexibility index (Phi) is 4.15. The zero-order chi connectivity index (χ0) is 17.2. The lowest BCUT2D eigenvalue weighted by molar-refractivity contribution is -0.00571. The minimum atomic E-state index is 0.138. The average Bonchev–Trinajstić information content (AvgIpc) is 3.16. The lowest BCUT2D eigenvalue weighted by Crippen LogP contribution is -2.46. The average molecular weight is 337 g/mol. The number of morpholine rings is 1. The summed E-state index contributed by atoms with van der Waals surface area (Å²) in [4.78, 5) is 20.0. The molecule has 0 unspecified atom stereocenters. The first-order chi connectivity index (χ1) is 12.2. The molecule has 7 nitrogen and oxygen atoms in total. The van der Waals surface area contributed by atoms with Crippen LogP contribution in [0.5, 0.6) is 0 Å². The summed E-state index contributed by atoms with van der Waals surface area (Å²) in [5, 5.41) is 0. The summed E-state index contributed by atoms with van der Waals surface area (Å²) in [6, 6.07) is 3.73. The second kappa shape index (κ2) is 6.60. The summed E-state index contributed by atoms with van der Waals surface area (Å²) >= 11 is 0. The van der Waals surface area contributed by atoms with Crippen molar-refractivity contribution in [3.05, 3.63) is 43.2 Å². The first-order valence-electron chi connectivity index (χ1n) is 8.28. The molecule has 0 amide bonds. The van der Waals surface area contributed by atoms with Crippen LogP contribution in [0.4, 0.5) is 5.95 Å². The molecule has 1 fully saturated rings. The van der Waals surface area contributed by atoms with Crippen LogP contribution < -0.4 is 4.90 Å². The Morgan fingerprint density at radius 2 is 1.92 bits per heavy atom. The van der Waals surface area contributed by atoms with Crippen molar-refractivity contribution in [2.24, 2.45) is 0 Å². The van der Waals surface area contributed by atoms with E-state index in [4.69, 9.17) is 14.1 Å². The maximum atomic E-state index is 5.80. The molecule has 25 heavy (non-hydrogen) atoms. The molecule has 3 aromatic rings. The van der Waals surface area contributed by atoms with Gasteiger partial charge in [-0.2, -0.15) is 0 Å². The summed E-state index contributed by atoms with van der Waals surface area (Å²) in [6.45, 7) is 5.63. The summed E-state index contributed by atoms with van der Waals surface area (Å²) in [5.74, 6) is 1.35. The van der Waals surface area contributed by atoms with E-state index in [1.165, 1.54) is 0 Å². The maximum absolute atomic E-state index is 5.80. The number of rotatable bonds is 3. The predicted octanol–water partition coefficient (Wildman–Crippen LogP) is 2.81. The third-order valence-electron chi connectivity index (χ3n) is 4.07. The van der Waals surface area contributed by atoms with Gasteiger partial charge < -0.3 is 14.1 Å². The molecule has 0 saturated carbocycles. The molecule has 1 aliphatic rings. The molecule has 0 aliphatic carbocycles. The third kappa shape index (κ3) is 3.23. The minimum absolute atomic E-state index is 0.138. The fraction of sp³-hybridized carbons (Fsp3) is 0.333. The molecular weight excluding hydrogens is 318 g/mol. The van der Waals surface area contributed by atoms with E-state index in [1.807, 2.05) is 12.1 Å². The largest absolute Gasteiger partial charge is 0.463 e. The quantitative estimate of drug-likeness (QED) is 0.727. The zero-order valence-electron chi connectivity index (χ0n) is 14.2. The van der Waals surface area contributed by atoms with E-state index < -0.39 is 0 Å². The normalized spacial score (nSPS) is 20.6. The molecule has 0 bridgehead atoms. The van der Waals surface area contributed by atoms with Crippen molar-refractivity contribution in [3.8, 4) is 22.7 Å². The van der Waals surface area contributed by atoms with E-state index in [0.29, 0.717) is 23.1 Å². The Morgan fingerprint density at radius 3 is 2.60 bits per heavy atom. The highest BCUT2D eigenvalue weighted by molar-refractivity contribution is 5.76. The SMILES string of the molecule is C[C@@H]1CN(c2ncc(-c3cnccn3)c(-c3ccco3)n2)C[C@H](C)O1. The highest BCUT2D eigenvalue weighted by Gasteiger charge is 2.25. The van der Waals surface area contributed by atoms with E-state index in [-0.39, 0.29) is 12.2 Å². The molecule has 0 N–H and O–H groups in total. The van der Waals surface area contributed by atoms with Gasteiger partial charge in [-0.05, 0) is 26.0 Å². The van der Waals surface area contributed by atoms with Crippen molar-refractivity contribution in [3.63, 3.8) is 0 Å². The van der Waals surface area contributed by atoms with Crippen LogP contribution in [0.15, 0.2) is 47.6 Å². The standard InChI is InChI=1S/C18H19N5O2/c1-12-10-23(11-13(2)25-12)18-21-8-14(15-9-19-5-6-20-15)17(22-18)16-4-3-7-24-16/h3-9,12-13H,10-11H2,1-2H3/t12-,13+. The second-order valence-corrected chi connectivity index (χ2v) is 6.16. The Hall–Kier alpha value is -2.80. The van der Waals surface area contributed by atoms with Gasteiger partial charge in [-0.25, -0.2) is 9.97 Å². The van der Waals surface area contributed by atoms with Crippen LogP contribution >= 0.6 is 0 Å². The van der Waals surface area contributed by atoms with Crippen molar-refractivity contribution in [2.45, 2.75) is 26.1 Å². The number of hydrogen-bond donors (Lipinski definition) is 0. The molecule has 0 spiro atoms. The zero-order valence-corrected chi connectivity index (χ0v) is 14.2. The Balaban J connectivity index is 1.78. The van der Waals surface area contributed by atoms with Crippen LogP contribution in [0.2, 0.25) is 0 Å². The van der Waals surface area contributed by atoms with Gasteiger partial charge in [-0.15, -0.1) is 0 Å². The highest BCUT2D eigenvalue weighted by atomic mass is 16.5. The highest BCUT2D eigenvalue weighted by Crippen LogP contribution is 2.30. The van der Waals surface area contributed by atoms with Crippen molar-refractivity contribution >= 4 is 5.95 Å². The van der Waals surface area contributed by atoms with Crippen LogP contribution in [0.25, 0.3) is 22.7 Å². The Labute approximate surface area is 145 Å². The van der Waals surface area contributed by atoms with Crippen molar-refractivity contribution in [1.82, 2.24) is 19.9 Å². The molecule has 3 aromatic heterocycles. The number of anilines is 1. The molecule has 128 valence electrons. The molecule has 2 atom stereocenters. The van der Waals surface area contributed by atoms with E-state index >= 15 is 0 Å². The van der Waals surface area contributed by atoms with Gasteiger partial charge in [0.1, 0.15) is 5.69 Å². The van der Waals surface area contributed by atoms with Crippen LogP contribution in [0.1, 0.15) is 13.8 Å². The number of furan rings is 1. The molecule has 1 aliphatic heterocycles.